The first-order valence-corrected chi connectivity index (χ1v) is 9.13. The Bertz CT molecular complexity index is 862. The molecule has 0 aliphatic carbocycles. The van der Waals surface area contributed by atoms with Crippen LogP contribution < -0.4 is 10.6 Å². The smallest absolute Gasteiger partial charge is 0.251 e. The third kappa shape index (κ3) is 4.86. The van der Waals surface area contributed by atoms with Gasteiger partial charge in [0.1, 0.15) is 10.8 Å². The average Bonchev–Trinajstić information content (AvgIpc) is 3.10. The summed E-state index contributed by atoms with van der Waals surface area (Å²) in [6.07, 6.45) is 0.626. The van der Waals surface area contributed by atoms with E-state index >= 15 is 0 Å². The SMILES string of the molecule is CCNC(=O)c1ccc(CNc2nnc(Cc3ccc(F)cc3)s2)cc1. The van der Waals surface area contributed by atoms with Gasteiger partial charge in [-0.25, -0.2) is 4.39 Å². The zero-order chi connectivity index (χ0) is 18.4. The summed E-state index contributed by atoms with van der Waals surface area (Å²) in [6.45, 7) is 3.10. The second-order valence-electron chi connectivity index (χ2n) is 5.71. The quantitative estimate of drug-likeness (QED) is 0.666. The van der Waals surface area contributed by atoms with Crippen LogP contribution in [0.2, 0.25) is 0 Å². The zero-order valence-electron chi connectivity index (χ0n) is 14.3. The highest BCUT2D eigenvalue weighted by Gasteiger charge is 2.07. The van der Waals surface area contributed by atoms with Gasteiger partial charge in [0, 0.05) is 25.1 Å². The van der Waals surface area contributed by atoms with E-state index in [4.69, 9.17) is 0 Å². The first kappa shape index (κ1) is 18.0. The summed E-state index contributed by atoms with van der Waals surface area (Å²) in [5.41, 5.74) is 2.69. The summed E-state index contributed by atoms with van der Waals surface area (Å²) in [6, 6.07) is 13.8. The molecule has 0 unspecified atom stereocenters. The maximum absolute atomic E-state index is 12.9. The molecule has 0 radical (unpaired) electrons. The number of halogens is 1. The number of amides is 1. The molecule has 0 aliphatic heterocycles. The van der Waals surface area contributed by atoms with Crippen molar-refractivity contribution in [3.63, 3.8) is 0 Å². The number of rotatable bonds is 7. The van der Waals surface area contributed by atoms with Gasteiger partial charge in [0.2, 0.25) is 5.13 Å². The van der Waals surface area contributed by atoms with E-state index in [2.05, 4.69) is 20.8 Å². The van der Waals surface area contributed by atoms with Crippen LogP contribution in [0, 0.1) is 5.82 Å². The second-order valence-corrected chi connectivity index (χ2v) is 6.78. The lowest BCUT2D eigenvalue weighted by atomic mass is 10.1. The summed E-state index contributed by atoms with van der Waals surface area (Å²) in [7, 11) is 0. The van der Waals surface area contributed by atoms with Gasteiger partial charge in [-0.05, 0) is 42.3 Å². The topological polar surface area (TPSA) is 66.9 Å². The number of nitrogens with one attached hydrogen (secondary N) is 2. The Morgan fingerprint density at radius 1 is 1.04 bits per heavy atom. The molecule has 0 fully saturated rings. The molecular weight excluding hydrogens is 351 g/mol. The van der Waals surface area contributed by atoms with Gasteiger partial charge in [0.05, 0.1) is 0 Å². The minimum atomic E-state index is -0.244. The van der Waals surface area contributed by atoms with Crippen LogP contribution in [-0.2, 0) is 13.0 Å². The molecule has 1 amide bonds. The van der Waals surface area contributed by atoms with Crippen molar-refractivity contribution < 1.29 is 9.18 Å². The monoisotopic (exact) mass is 370 g/mol. The molecule has 0 saturated heterocycles. The summed E-state index contributed by atoms with van der Waals surface area (Å²) in [5, 5.41) is 15.9. The first-order valence-electron chi connectivity index (χ1n) is 8.32. The predicted octanol–water partition coefficient (Wildman–Crippen LogP) is 3.63. The number of benzene rings is 2. The van der Waals surface area contributed by atoms with Crippen molar-refractivity contribution >= 4 is 22.4 Å². The fraction of sp³-hybridized carbons (Fsp3) is 0.211. The van der Waals surface area contributed by atoms with Crippen molar-refractivity contribution in [3.8, 4) is 0 Å². The number of anilines is 1. The van der Waals surface area contributed by atoms with Gasteiger partial charge in [-0.3, -0.25) is 4.79 Å². The molecule has 7 heteroatoms. The van der Waals surface area contributed by atoms with Crippen LogP contribution >= 0.6 is 11.3 Å². The lowest BCUT2D eigenvalue weighted by Crippen LogP contribution is -2.22. The molecule has 2 aromatic carbocycles. The van der Waals surface area contributed by atoms with Crippen molar-refractivity contribution in [1.29, 1.82) is 0 Å². The minimum Gasteiger partial charge on any atom is -0.356 e. The Labute approximate surface area is 155 Å². The molecule has 0 spiro atoms. The highest BCUT2D eigenvalue weighted by Crippen LogP contribution is 2.19. The van der Waals surface area contributed by atoms with Crippen LogP contribution in [0.1, 0.15) is 33.4 Å². The predicted molar refractivity (Wildman–Crippen MR) is 101 cm³/mol. The van der Waals surface area contributed by atoms with E-state index < -0.39 is 0 Å². The van der Waals surface area contributed by atoms with E-state index in [0.29, 0.717) is 25.1 Å². The number of nitrogens with zero attached hydrogens (tertiary/aromatic N) is 2. The largest absolute Gasteiger partial charge is 0.356 e. The Kier molecular flexibility index (Phi) is 5.91. The molecule has 0 bridgehead atoms. The minimum absolute atomic E-state index is 0.0680. The molecule has 5 nitrogen and oxygen atoms in total. The number of hydrogen-bond donors (Lipinski definition) is 2. The van der Waals surface area contributed by atoms with Crippen molar-refractivity contribution in [2.24, 2.45) is 0 Å². The zero-order valence-corrected chi connectivity index (χ0v) is 15.1. The summed E-state index contributed by atoms with van der Waals surface area (Å²) >= 11 is 1.47. The van der Waals surface area contributed by atoms with E-state index in [0.717, 1.165) is 21.3 Å². The molecule has 26 heavy (non-hydrogen) atoms. The maximum Gasteiger partial charge on any atom is 0.251 e. The Morgan fingerprint density at radius 3 is 2.42 bits per heavy atom. The first-order chi connectivity index (χ1) is 12.6. The van der Waals surface area contributed by atoms with Crippen molar-refractivity contribution in [1.82, 2.24) is 15.5 Å². The molecule has 3 rings (SSSR count). The summed E-state index contributed by atoms with van der Waals surface area (Å²) < 4.78 is 12.9. The fourth-order valence-corrected chi connectivity index (χ4v) is 3.16. The van der Waals surface area contributed by atoms with Crippen LogP contribution in [0.3, 0.4) is 0 Å². The number of hydrogen-bond acceptors (Lipinski definition) is 5. The van der Waals surface area contributed by atoms with Crippen LogP contribution in [0.5, 0.6) is 0 Å². The van der Waals surface area contributed by atoms with E-state index in [1.807, 2.05) is 31.2 Å². The molecule has 2 N–H and O–H groups in total. The summed E-state index contributed by atoms with van der Waals surface area (Å²) in [5.74, 6) is -0.312. The van der Waals surface area contributed by atoms with E-state index in [9.17, 15) is 9.18 Å². The molecule has 0 aliphatic rings. The number of aromatic nitrogens is 2. The van der Waals surface area contributed by atoms with Crippen molar-refractivity contribution in [2.45, 2.75) is 19.9 Å². The van der Waals surface area contributed by atoms with Gasteiger partial charge < -0.3 is 10.6 Å². The molecule has 1 heterocycles. The summed E-state index contributed by atoms with van der Waals surface area (Å²) in [4.78, 5) is 11.7. The van der Waals surface area contributed by atoms with Crippen LogP contribution in [0.4, 0.5) is 9.52 Å². The third-order valence-electron chi connectivity index (χ3n) is 3.73. The Morgan fingerprint density at radius 2 is 1.73 bits per heavy atom. The van der Waals surface area contributed by atoms with Gasteiger partial charge >= 0.3 is 0 Å². The van der Waals surface area contributed by atoms with Crippen LogP contribution in [-0.4, -0.2) is 22.6 Å². The van der Waals surface area contributed by atoms with Crippen molar-refractivity contribution in [3.05, 3.63) is 76.0 Å². The number of carbonyl (C=O) groups is 1. The highest BCUT2D eigenvalue weighted by molar-refractivity contribution is 7.15. The van der Waals surface area contributed by atoms with Gasteiger partial charge in [-0.1, -0.05) is 35.6 Å². The molecule has 134 valence electrons. The fourth-order valence-electron chi connectivity index (χ4n) is 2.39. The average molecular weight is 370 g/mol. The standard InChI is InChI=1S/C19H19FN4OS/c1-2-21-18(25)15-7-3-14(4-8-15)12-22-19-24-23-17(26-19)11-13-5-9-16(20)10-6-13/h3-10H,2,11-12H2,1H3,(H,21,25)(H,22,24). The lowest BCUT2D eigenvalue weighted by Gasteiger charge is -2.05. The van der Waals surface area contributed by atoms with E-state index in [1.165, 1.54) is 23.5 Å². The molecule has 0 saturated carbocycles. The maximum atomic E-state index is 12.9. The Balaban J connectivity index is 1.54. The van der Waals surface area contributed by atoms with Gasteiger partial charge in [-0.2, -0.15) is 0 Å². The van der Waals surface area contributed by atoms with Crippen molar-refractivity contribution in [2.75, 3.05) is 11.9 Å². The molecule has 3 aromatic rings. The molecule has 0 atom stereocenters. The lowest BCUT2D eigenvalue weighted by molar-refractivity contribution is 0.0956. The second kappa shape index (κ2) is 8.53. The Hall–Kier alpha value is -2.80. The third-order valence-corrected chi connectivity index (χ3v) is 4.61. The normalized spacial score (nSPS) is 10.5. The van der Waals surface area contributed by atoms with E-state index in [1.54, 1.807) is 12.1 Å². The van der Waals surface area contributed by atoms with E-state index in [-0.39, 0.29) is 11.7 Å². The van der Waals surface area contributed by atoms with Crippen LogP contribution in [0.15, 0.2) is 48.5 Å². The van der Waals surface area contributed by atoms with Gasteiger partial charge in [0.25, 0.3) is 5.91 Å². The van der Waals surface area contributed by atoms with Crippen LogP contribution in [0.25, 0.3) is 0 Å². The highest BCUT2D eigenvalue weighted by atomic mass is 32.1. The number of carbonyl (C=O) groups excluding carboxylic acids is 1. The van der Waals surface area contributed by atoms with Gasteiger partial charge in [-0.15, -0.1) is 10.2 Å². The van der Waals surface area contributed by atoms with Gasteiger partial charge in [0.15, 0.2) is 0 Å². The molecular formula is C19H19FN4OS. The molecule has 1 aromatic heterocycles.